The molecule has 7 nitrogen and oxygen atoms in total. The molecular weight excluding hydrogens is 378 g/mol. The van der Waals surface area contributed by atoms with Crippen LogP contribution >= 0.6 is 11.8 Å². The van der Waals surface area contributed by atoms with Crippen LogP contribution in [0.1, 0.15) is 18.9 Å². The van der Waals surface area contributed by atoms with Crippen LogP contribution in [0.3, 0.4) is 0 Å². The van der Waals surface area contributed by atoms with E-state index < -0.39 is 4.92 Å². The van der Waals surface area contributed by atoms with Crippen molar-refractivity contribution in [3.63, 3.8) is 0 Å². The number of para-hydroxylation sites is 2. The number of benzene rings is 2. The van der Waals surface area contributed by atoms with Gasteiger partial charge in [0.15, 0.2) is 17.5 Å². The summed E-state index contributed by atoms with van der Waals surface area (Å²) in [4.78, 5) is 29.7. The molecule has 0 radical (unpaired) electrons. The summed E-state index contributed by atoms with van der Waals surface area (Å²) in [7, 11) is 0. The Morgan fingerprint density at radius 2 is 2.00 bits per heavy atom. The van der Waals surface area contributed by atoms with E-state index in [-0.39, 0.29) is 30.0 Å². The molecule has 1 amide bonds. The molecule has 3 rings (SSSR count). The average Bonchev–Trinajstić information content (AvgIpc) is 3.10. The quantitative estimate of drug-likeness (QED) is 0.533. The summed E-state index contributed by atoms with van der Waals surface area (Å²) in [6.07, 6.45) is 0.789. The van der Waals surface area contributed by atoms with Gasteiger partial charge in [0.05, 0.1) is 10.6 Å². The Morgan fingerprint density at radius 3 is 2.68 bits per heavy atom. The minimum absolute atomic E-state index is 0.0241. The summed E-state index contributed by atoms with van der Waals surface area (Å²) in [5.41, 5.74) is 1.76. The molecule has 1 aliphatic rings. The molecule has 0 aliphatic carbocycles. The lowest BCUT2D eigenvalue weighted by molar-refractivity contribution is -0.385. The molecule has 1 atom stereocenters. The molecule has 8 heteroatoms. The number of nitro groups is 1. The summed E-state index contributed by atoms with van der Waals surface area (Å²) in [5, 5.41) is 11.7. The Morgan fingerprint density at radius 1 is 1.29 bits per heavy atom. The number of hydrogen-bond acceptors (Lipinski definition) is 6. The third kappa shape index (κ3) is 4.51. The molecule has 0 N–H and O–H groups in total. The van der Waals surface area contributed by atoms with Crippen LogP contribution < -0.4 is 4.74 Å². The van der Waals surface area contributed by atoms with Gasteiger partial charge in [0.2, 0.25) is 0 Å². The third-order valence-electron chi connectivity index (χ3n) is 4.39. The van der Waals surface area contributed by atoms with Gasteiger partial charge in [-0.2, -0.15) is 0 Å². The average molecular weight is 399 g/mol. The number of aryl methyl sites for hydroxylation is 1. The number of amides is 1. The molecule has 0 saturated carbocycles. The van der Waals surface area contributed by atoms with Crippen molar-refractivity contribution in [1.82, 2.24) is 4.90 Å². The molecule has 1 fully saturated rings. The molecule has 2 aromatic rings. The van der Waals surface area contributed by atoms with E-state index in [0.717, 1.165) is 23.4 Å². The zero-order valence-electron chi connectivity index (χ0n) is 15.7. The topological polar surface area (TPSA) is 85.0 Å². The normalized spacial score (nSPS) is 17.7. The number of carbonyl (C=O) groups is 1. The van der Waals surface area contributed by atoms with Gasteiger partial charge in [0.25, 0.3) is 5.91 Å². The van der Waals surface area contributed by atoms with Crippen molar-refractivity contribution in [2.45, 2.75) is 26.3 Å². The lowest BCUT2D eigenvalue weighted by atomic mass is 10.2. The summed E-state index contributed by atoms with van der Waals surface area (Å²) < 4.78 is 5.48. The van der Waals surface area contributed by atoms with Crippen molar-refractivity contribution in [2.24, 2.45) is 4.99 Å². The van der Waals surface area contributed by atoms with E-state index in [1.54, 1.807) is 17.0 Å². The minimum Gasteiger partial charge on any atom is -0.477 e. The Labute approximate surface area is 167 Å². The number of aliphatic imine (C=N–C) groups is 1. The minimum atomic E-state index is -0.523. The van der Waals surface area contributed by atoms with Crippen LogP contribution in [0.4, 0.5) is 11.4 Å². The first kappa shape index (κ1) is 19.9. The highest BCUT2D eigenvalue weighted by atomic mass is 32.2. The predicted molar refractivity (Wildman–Crippen MR) is 110 cm³/mol. The van der Waals surface area contributed by atoms with Crippen molar-refractivity contribution >= 4 is 34.2 Å². The fourth-order valence-electron chi connectivity index (χ4n) is 2.84. The smallest absolute Gasteiger partial charge is 0.310 e. The molecule has 1 heterocycles. The zero-order chi connectivity index (χ0) is 20.1. The summed E-state index contributed by atoms with van der Waals surface area (Å²) in [5.74, 6) is 0.581. The summed E-state index contributed by atoms with van der Waals surface area (Å²) in [6, 6.07) is 13.8. The van der Waals surface area contributed by atoms with Crippen LogP contribution in [-0.2, 0) is 4.79 Å². The molecule has 0 unspecified atom stereocenters. The molecule has 1 saturated heterocycles. The summed E-state index contributed by atoms with van der Waals surface area (Å²) in [6.45, 7) is 3.74. The van der Waals surface area contributed by atoms with E-state index in [1.165, 1.54) is 23.9 Å². The molecule has 1 aliphatic heterocycles. The van der Waals surface area contributed by atoms with E-state index in [1.807, 2.05) is 38.1 Å². The highest BCUT2D eigenvalue weighted by molar-refractivity contribution is 8.14. The maximum Gasteiger partial charge on any atom is 0.310 e. The van der Waals surface area contributed by atoms with Crippen LogP contribution in [0.25, 0.3) is 0 Å². The Kier molecular flexibility index (Phi) is 6.30. The van der Waals surface area contributed by atoms with Crippen molar-refractivity contribution in [3.8, 4) is 5.75 Å². The Balaban J connectivity index is 1.77. The maximum absolute atomic E-state index is 12.9. The van der Waals surface area contributed by atoms with E-state index >= 15 is 0 Å². The fraction of sp³-hybridized carbons (Fsp3) is 0.300. The number of rotatable bonds is 6. The predicted octanol–water partition coefficient (Wildman–Crippen LogP) is 4.32. The number of thioether (sulfide) groups is 1. The van der Waals surface area contributed by atoms with Gasteiger partial charge in [-0.15, -0.1) is 0 Å². The molecular formula is C20H21N3O4S. The van der Waals surface area contributed by atoms with Crippen LogP contribution in [0, 0.1) is 17.0 Å². The number of nitrogens with zero attached hydrogens (tertiary/aromatic N) is 3. The van der Waals surface area contributed by atoms with E-state index in [9.17, 15) is 14.9 Å². The molecule has 0 spiro atoms. The monoisotopic (exact) mass is 399 g/mol. The van der Waals surface area contributed by atoms with Gasteiger partial charge in [-0.3, -0.25) is 19.8 Å². The van der Waals surface area contributed by atoms with Gasteiger partial charge in [-0.05, 0) is 31.5 Å². The second-order valence-electron chi connectivity index (χ2n) is 6.38. The van der Waals surface area contributed by atoms with E-state index in [2.05, 4.69) is 4.99 Å². The zero-order valence-corrected chi connectivity index (χ0v) is 16.5. The summed E-state index contributed by atoms with van der Waals surface area (Å²) >= 11 is 1.53. The van der Waals surface area contributed by atoms with Crippen molar-refractivity contribution in [3.05, 3.63) is 64.2 Å². The molecule has 0 aromatic heterocycles. The van der Waals surface area contributed by atoms with Crippen LogP contribution in [-0.4, -0.2) is 39.3 Å². The molecule has 2 aromatic carbocycles. The largest absolute Gasteiger partial charge is 0.477 e. The standard InChI is InChI=1S/C20H21N3O4S/c1-3-16-13-28-20(21-15-10-8-14(2)9-11-15)22(16)19(24)12-27-18-7-5-4-6-17(18)23(25)26/h4-11,16H,3,12-13H2,1-2H3/t16-/m0/s1. The molecule has 28 heavy (non-hydrogen) atoms. The Hall–Kier alpha value is -2.87. The van der Waals surface area contributed by atoms with Crippen molar-refractivity contribution < 1.29 is 14.5 Å². The van der Waals surface area contributed by atoms with Gasteiger partial charge < -0.3 is 4.74 Å². The first-order chi connectivity index (χ1) is 13.5. The fourth-order valence-corrected chi connectivity index (χ4v) is 4.12. The van der Waals surface area contributed by atoms with Gasteiger partial charge in [0, 0.05) is 17.9 Å². The number of amidine groups is 1. The highest BCUT2D eigenvalue weighted by Gasteiger charge is 2.34. The first-order valence-electron chi connectivity index (χ1n) is 8.96. The maximum atomic E-state index is 12.9. The Bertz CT molecular complexity index is 899. The van der Waals surface area contributed by atoms with E-state index in [0.29, 0.717) is 5.17 Å². The lowest BCUT2D eigenvalue weighted by Gasteiger charge is -2.23. The second-order valence-corrected chi connectivity index (χ2v) is 7.37. The number of hydrogen-bond donors (Lipinski definition) is 0. The van der Waals surface area contributed by atoms with Gasteiger partial charge >= 0.3 is 5.69 Å². The lowest BCUT2D eigenvalue weighted by Crippen LogP contribution is -2.41. The third-order valence-corrected chi connectivity index (χ3v) is 5.49. The first-order valence-corrected chi connectivity index (χ1v) is 9.94. The SMILES string of the molecule is CC[C@H]1CSC(=Nc2ccc(C)cc2)N1C(=O)COc1ccccc1[N+](=O)[O-]. The van der Waals surface area contributed by atoms with Crippen molar-refractivity contribution in [1.29, 1.82) is 0 Å². The number of nitro benzene ring substituents is 1. The van der Waals surface area contributed by atoms with Gasteiger partial charge in [-0.1, -0.05) is 48.5 Å². The van der Waals surface area contributed by atoms with Crippen LogP contribution in [0.15, 0.2) is 53.5 Å². The highest BCUT2D eigenvalue weighted by Crippen LogP contribution is 2.30. The van der Waals surface area contributed by atoms with Gasteiger partial charge in [-0.25, -0.2) is 4.99 Å². The number of carbonyl (C=O) groups excluding carboxylic acids is 1. The van der Waals surface area contributed by atoms with Crippen LogP contribution in [0.2, 0.25) is 0 Å². The van der Waals surface area contributed by atoms with Crippen LogP contribution in [0.5, 0.6) is 5.75 Å². The molecule has 0 bridgehead atoms. The van der Waals surface area contributed by atoms with Crippen molar-refractivity contribution in [2.75, 3.05) is 12.4 Å². The second kappa shape index (κ2) is 8.88. The molecule has 146 valence electrons. The van der Waals surface area contributed by atoms with Gasteiger partial charge in [0.1, 0.15) is 0 Å². The van der Waals surface area contributed by atoms with E-state index in [4.69, 9.17) is 4.74 Å². The number of ether oxygens (including phenoxy) is 1.